The van der Waals surface area contributed by atoms with E-state index in [-0.39, 0.29) is 11.7 Å². The number of halogens is 1. The summed E-state index contributed by atoms with van der Waals surface area (Å²) in [6.07, 6.45) is 3.09. The lowest BCUT2D eigenvalue weighted by Gasteiger charge is -2.06. The summed E-state index contributed by atoms with van der Waals surface area (Å²) in [5, 5.41) is 2.73. The first-order chi connectivity index (χ1) is 9.06. The minimum absolute atomic E-state index is 0.0415. The molecule has 96 valence electrons. The molecule has 1 aromatic carbocycles. The van der Waals surface area contributed by atoms with E-state index in [4.69, 9.17) is 0 Å². The maximum absolute atomic E-state index is 12.0. The standard InChI is InChI=1S/C14H11BrN2O2/c1-9(18)10-3-2-4-13(6-10)17-14(19)11-5-12(15)8-16-7-11/h2-8H,1H3,(H,17,19). The molecular formula is C14H11BrN2O2. The summed E-state index contributed by atoms with van der Waals surface area (Å²) in [4.78, 5) is 27.2. The molecule has 0 spiro atoms. The Hall–Kier alpha value is -2.01. The summed E-state index contributed by atoms with van der Waals surface area (Å²) in [6, 6.07) is 8.49. The Morgan fingerprint density at radius 3 is 2.63 bits per heavy atom. The van der Waals surface area contributed by atoms with E-state index in [1.165, 1.54) is 13.1 Å². The number of hydrogen-bond acceptors (Lipinski definition) is 3. The van der Waals surface area contributed by atoms with E-state index in [0.29, 0.717) is 16.8 Å². The number of ketones is 1. The van der Waals surface area contributed by atoms with Crippen molar-refractivity contribution in [1.29, 1.82) is 0 Å². The van der Waals surface area contributed by atoms with Crippen LogP contribution < -0.4 is 5.32 Å². The summed E-state index contributed by atoms with van der Waals surface area (Å²) in [5.74, 6) is -0.310. The molecule has 0 fully saturated rings. The van der Waals surface area contributed by atoms with E-state index in [0.717, 1.165) is 4.47 Å². The highest BCUT2D eigenvalue weighted by Crippen LogP contribution is 2.14. The van der Waals surface area contributed by atoms with Gasteiger partial charge in [0.15, 0.2) is 5.78 Å². The number of benzene rings is 1. The Morgan fingerprint density at radius 2 is 1.95 bits per heavy atom. The quantitative estimate of drug-likeness (QED) is 0.883. The van der Waals surface area contributed by atoms with Crippen molar-refractivity contribution in [2.45, 2.75) is 6.92 Å². The third-order valence-corrected chi connectivity index (χ3v) is 2.93. The van der Waals surface area contributed by atoms with Crippen LogP contribution in [-0.4, -0.2) is 16.7 Å². The van der Waals surface area contributed by atoms with E-state index >= 15 is 0 Å². The van der Waals surface area contributed by atoms with E-state index in [9.17, 15) is 9.59 Å². The average molecular weight is 319 g/mol. The Kier molecular flexibility index (Phi) is 4.06. The summed E-state index contributed by atoms with van der Waals surface area (Å²) >= 11 is 3.26. The van der Waals surface area contributed by atoms with Crippen LogP contribution in [-0.2, 0) is 0 Å². The van der Waals surface area contributed by atoms with Crippen molar-refractivity contribution in [2.24, 2.45) is 0 Å². The number of carbonyl (C=O) groups excluding carboxylic acids is 2. The maximum Gasteiger partial charge on any atom is 0.257 e. The van der Waals surface area contributed by atoms with Crippen LogP contribution >= 0.6 is 15.9 Å². The van der Waals surface area contributed by atoms with Gasteiger partial charge in [0.25, 0.3) is 5.91 Å². The molecule has 2 rings (SSSR count). The molecule has 5 heteroatoms. The molecule has 1 amide bonds. The average Bonchev–Trinajstić information content (AvgIpc) is 2.39. The first kappa shape index (κ1) is 13.4. The molecule has 0 aliphatic carbocycles. The van der Waals surface area contributed by atoms with Crippen LogP contribution in [0.5, 0.6) is 0 Å². The number of aromatic nitrogens is 1. The van der Waals surface area contributed by atoms with Gasteiger partial charge in [0.2, 0.25) is 0 Å². The monoisotopic (exact) mass is 318 g/mol. The minimum Gasteiger partial charge on any atom is -0.322 e. The lowest BCUT2D eigenvalue weighted by Crippen LogP contribution is -2.12. The van der Waals surface area contributed by atoms with Crippen molar-refractivity contribution in [2.75, 3.05) is 5.32 Å². The molecule has 2 aromatic rings. The van der Waals surface area contributed by atoms with Gasteiger partial charge in [0, 0.05) is 28.1 Å². The Morgan fingerprint density at radius 1 is 1.16 bits per heavy atom. The molecule has 0 atom stereocenters. The van der Waals surface area contributed by atoms with Crippen LogP contribution in [0.3, 0.4) is 0 Å². The van der Waals surface area contributed by atoms with Gasteiger partial charge in [-0.25, -0.2) is 0 Å². The molecule has 0 aliphatic rings. The van der Waals surface area contributed by atoms with E-state index in [1.807, 2.05) is 0 Å². The van der Waals surface area contributed by atoms with Gasteiger partial charge in [-0.3, -0.25) is 14.6 Å². The number of nitrogens with zero attached hydrogens (tertiary/aromatic N) is 1. The topological polar surface area (TPSA) is 59.1 Å². The van der Waals surface area contributed by atoms with Crippen LogP contribution in [0.1, 0.15) is 27.6 Å². The molecule has 0 saturated heterocycles. The van der Waals surface area contributed by atoms with Gasteiger partial charge >= 0.3 is 0 Å². The number of amides is 1. The van der Waals surface area contributed by atoms with E-state index in [1.54, 1.807) is 36.5 Å². The highest BCUT2D eigenvalue weighted by atomic mass is 79.9. The molecule has 19 heavy (non-hydrogen) atoms. The van der Waals surface area contributed by atoms with Crippen molar-refractivity contribution in [1.82, 2.24) is 4.98 Å². The summed E-state index contributed by atoms with van der Waals surface area (Å²) in [6.45, 7) is 1.49. The SMILES string of the molecule is CC(=O)c1cccc(NC(=O)c2cncc(Br)c2)c1. The predicted octanol–water partition coefficient (Wildman–Crippen LogP) is 3.30. The number of nitrogens with one attached hydrogen (secondary N) is 1. The van der Waals surface area contributed by atoms with E-state index in [2.05, 4.69) is 26.2 Å². The molecule has 0 aliphatic heterocycles. The predicted molar refractivity (Wildman–Crippen MR) is 76.3 cm³/mol. The Balaban J connectivity index is 2.19. The number of carbonyl (C=O) groups is 2. The molecule has 0 unspecified atom stereocenters. The Bertz CT molecular complexity index is 641. The second-order valence-electron chi connectivity index (χ2n) is 3.98. The van der Waals surface area contributed by atoms with Gasteiger partial charge in [0.1, 0.15) is 0 Å². The molecule has 0 bridgehead atoms. The van der Waals surface area contributed by atoms with Gasteiger partial charge < -0.3 is 5.32 Å². The molecule has 0 radical (unpaired) electrons. The lowest BCUT2D eigenvalue weighted by atomic mass is 10.1. The maximum atomic E-state index is 12.0. The minimum atomic E-state index is -0.269. The van der Waals surface area contributed by atoms with E-state index < -0.39 is 0 Å². The normalized spacial score (nSPS) is 10.0. The lowest BCUT2D eigenvalue weighted by molar-refractivity contribution is 0.101. The first-order valence-corrected chi connectivity index (χ1v) is 6.38. The molecule has 0 saturated carbocycles. The third-order valence-electron chi connectivity index (χ3n) is 2.49. The van der Waals surface area contributed by atoms with Crippen molar-refractivity contribution >= 4 is 33.3 Å². The highest BCUT2D eigenvalue weighted by molar-refractivity contribution is 9.10. The number of anilines is 1. The number of pyridine rings is 1. The summed E-state index contributed by atoms with van der Waals surface area (Å²) in [5.41, 5.74) is 1.59. The molecule has 1 aromatic heterocycles. The van der Waals surface area contributed by atoms with Crippen LogP contribution in [0.4, 0.5) is 5.69 Å². The van der Waals surface area contributed by atoms with Crippen LogP contribution in [0.15, 0.2) is 47.2 Å². The van der Waals surface area contributed by atoms with Gasteiger partial charge in [-0.15, -0.1) is 0 Å². The smallest absolute Gasteiger partial charge is 0.257 e. The van der Waals surface area contributed by atoms with Gasteiger partial charge in [0.05, 0.1) is 5.56 Å². The highest BCUT2D eigenvalue weighted by Gasteiger charge is 2.08. The van der Waals surface area contributed by atoms with Gasteiger partial charge in [-0.2, -0.15) is 0 Å². The van der Waals surface area contributed by atoms with Crippen molar-refractivity contribution < 1.29 is 9.59 Å². The number of Topliss-reactive ketones (excluding diaryl/α,β-unsaturated/α-hetero) is 1. The zero-order valence-corrected chi connectivity index (χ0v) is 11.8. The molecule has 1 N–H and O–H groups in total. The fourth-order valence-electron chi connectivity index (χ4n) is 1.56. The fraction of sp³-hybridized carbons (Fsp3) is 0.0714. The van der Waals surface area contributed by atoms with Gasteiger partial charge in [-0.1, -0.05) is 12.1 Å². The summed E-state index contributed by atoms with van der Waals surface area (Å²) in [7, 11) is 0. The zero-order valence-electron chi connectivity index (χ0n) is 10.2. The fourth-order valence-corrected chi connectivity index (χ4v) is 1.92. The van der Waals surface area contributed by atoms with Crippen LogP contribution in [0, 0.1) is 0 Å². The zero-order chi connectivity index (χ0) is 13.8. The molecule has 4 nitrogen and oxygen atoms in total. The second-order valence-corrected chi connectivity index (χ2v) is 4.90. The Labute approximate surface area is 119 Å². The van der Waals surface area contributed by atoms with Crippen molar-refractivity contribution in [3.05, 3.63) is 58.3 Å². The second kappa shape index (κ2) is 5.75. The number of hydrogen-bond donors (Lipinski definition) is 1. The van der Waals surface area contributed by atoms with Gasteiger partial charge in [-0.05, 0) is 41.1 Å². The largest absolute Gasteiger partial charge is 0.322 e. The van der Waals surface area contributed by atoms with Crippen molar-refractivity contribution in [3.63, 3.8) is 0 Å². The molecular weight excluding hydrogens is 308 g/mol. The number of rotatable bonds is 3. The first-order valence-electron chi connectivity index (χ1n) is 5.59. The molecule has 1 heterocycles. The summed E-state index contributed by atoms with van der Waals surface area (Å²) < 4.78 is 0.734. The van der Waals surface area contributed by atoms with Crippen LogP contribution in [0.2, 0.25) is 0 Å². The van der Waals surface area contributed by atoms with Crippen LogP contribution in [0.25, 0.3) is 0 Å². The van der Waals surface area contributed by atoms with Crippen molar-refractivity contribution in [3.8, 4) is 0 Å². The third kappa shape index (κ3) is 3.48.